The minimum absolute atomic E-state index is 0.0700. The molecular weight excluding hydrogens is 260 g/mol. The standard InChI is InChI=1S/C12H13F2NO4/c1-6-2-3-7(13)9(10(6)14)11(17)15-8(4-5-16)12(18)19/h2-3,8,16H,4-5H2,1H3,(H,15,17)(H,18,19). The lowest BCUT2D eigenvalue weighted by atomic mass is 10.1. The summed E-state index contributed by atoms with van der Waals surface area (Å²) in [5, 5.41) is 19.4. The molecule has 7 heteroatoms. The number of hydrogen-bond donors (Lipinski definition) is 3. The van der Waals surface area contributed by atoms with Gasteiger partial charge in [0.05, 0.1) is 0 Å². The largest absolute Gasteiger partial charge is 0.480 e. The molecule has 1 aromatic carbocycles. The lowest BCUT2D eigenvalue weighted by Gasteiger charge is -2.14. The zero-order valence-electron chi connectivity index (χ0n) is 10.1. The Bertz CT molecular complexity index is 505. The fraction of sp³-hybridized carbons (Fsp3) is 0.333. The van der Waals surface area contributed by atoms with E-state index in [1.165, 1.54) is 13.0 Å². The Morgan fingerprint density at radius 2 is 2.00 bits per heavy atom. The summed E-state index contributed by atoms with van der Waals surface area (Å²) in [6, 6.07) is 0.690. The summed E-state index contributed by atoms with van der Waals surface area (Å²) >= 11 is 0. The summed E-state index contributed by atoms with van der Waals surface area (Å²) in [4.78, 5) is 22.5. The van der Waals surface area contributed by atoms with Crippen LogP contribution in [0.15, 0.2) is 12.1 Å². The van der Waals surface area contributed by atoms with Gasteiger partial charge in [0, 0.05) is 13.0 Å². The summed E-state index contributed by atoms with van der Waals surface area (Å²) in [6.07, 6.45) is -0.254. The van der Waals surface area contributed by atoms with Crippen molar-refractivity contribution in [3.8, 4) is 0 Å². The van der Waals surface area contributed by atoms with E-state index in [2.05, 4.69) is 0 Å². The van der Waals surface area contributed by atoms with Gasteiger partial charge in [0.15, 0.2) is 0 Å². The third-order valence-corrected chi connectivity index (χ3v) is 2.53. The highest BCUT2D eigenvalue weighted by molar-refractivity contribution is 5.97. The van der Waals surface area contributed by atoms with Gasteiger partial charge in [-0.1, -0.05) is 6.07 Å². The van der Waals surface area contributed by atoms with Gasteiger partial charge in [0.1, 0.15) is 23.2 Å². The van der Waals surface area contributed by atoms with Crippen LogP contribution in [-0.4, -0.2) is 34.7 Å². The van der Waals surface area contributed by atoms with E-state index in [9.17, 15) is 18.4 Å². The third kappa shape index (κ3) is 3.47. The Labute approximate surface area is 107 Å². The number of carbonyl (C=O) groups is 2. The van der Waals surface area contributed by atoms with Crippen molar-refractivity contribution in [2.75, 3.05) is 6.61 Å². The number of aliphatic hydroxyl groups is 1. The van der Waals surface area contributed by atoms with Crippen molar-refractivity contribution in [2.24, 2.45) is 0 Å². The van der Waals surface area contributed by atoms with E-state index < -0.39 is 41.7 Å². The summed E-state index contributed by atoms with van der Waals surface area (Å²) in [5.74, 6) is -4.67. The van der Waals surface area contributed by atoms with Gasteiger partial charge in [0.25, 0.3) is 5.91 Å². The first-order chi connectivity index (χ1) is 8.88. The quantitative estimate of drug-likeness (QED) is 0.742. The SMILES string of the molecule is Cc1ccc(F)c(C(=O)NC(CCO)C(=O)O)c1F. The molecule has 5 nitrogen and oxygen atoms in total. The number of benzene rings is 1. The number of nitrogens with one attached hydrogen (secondary N) is 1. The highest BCUT2D eigenvalue weighted by Gasteiger charge is 2.24. The number of halogens is 2. The van der Waals surface area contributed by atoms with Gasteiger partial charge < -0.3 is 15.5 Å². The topological polar surface area (TPSA) is 86.6 Å². The number of rotatable bonds is 5. The van der Waals surface area contributed by atoms with Crippen LogP contribution in [0.3, 0.4) is 0 Å². The zero-order chi connectivity index (χ0) is 14.6. The zero-order valence-corrected chi connectivity index (χ0v) is 10.1. The van der Waals surface area contributed by atoms with Crippen molar-refractivity contribution in [3.63, 3.8) is 0 Å². The molecule has 0 fully saturated rings. The van der Waals surface area contributed by atoms with Crippen LogP contribution in [0.4, 0.5) is 8.78 Å². The fourth-order valence-electron chi connectivity index (χ4n) is 1.48. The summed E-state index contributed by atoms with van der Waals surface area (Å²) < 4.78 is 27.1. The smallest absolute Gasteiger partial charge is 0.326 e. The van der Waals surface area contributed by atoms with Crippen LogP contribution >= 0.6 is 0 Å². The number of carbonyl (C=O) groups excluding carboxylic acids is 1. The maximum absolute atomic E-state index is 13.7. The number of aliphatic hydroxyl groups excluding tert-OH is 1. The molecule has 0 aromatic heterocycles. The molecule has 1 aromatic rings. The van der Waals surface area contributed by atoms with Gasteiger partial charge in [0.2, 0.25) is 0 Å². The van der Waals surface area contributed by atoms with E-state index in [-0.39, 0.29) is 12.0 Å². The van der Waals surface area contributed by atoms with Gasteiger partial charge in [-0.15, -0.1) is 0 Å². The van der Waals surface area contributed by atoms with Crippen LogP contribution in [0, 0.1) is 18.6 Å². The van der Waals surface area contributed by atoms with Crippen LogP contribution in [0.1, 0.15) is 22.3 Å². The van der Waals surface area contributed by atoms with E-state index in [0.29, 0.717) is 0 Å². The van der Waals surface area contributed by atoms with Crippen molar-refractivity contribution >= 4 is 11.9 Å². The molecule has 19 heavy (non-hydrogen) atoms. The summed E-state index contributed by atoms with van der Waals surface area (Å²) in [7, 11) is 0. The van der Waals surface area contributed by atoms with Gasteiger partial charge in [-0.2, -0.15) is 0 Å². The van der Waals surface area contributed by atoms with Crippen molar-refractivity contribution in [1.29, 1.82) is 0 Å². The predicted molar refractivity (Wildman–Crippen MR) is 61.7 cm³/mol. The molecule has 0 aliphatic carbocycles. The number of carboxylic acid groups (broad SMARTS) is 1. The number of hydrogen-bond acceptors (Lipinski definition) is 3. The Morgan fingerprint density at radius 3 is 2.53 bits per heavy atom. The first kappa shape index (κ1) is 15.0. The van der Waals surface area contributed by atoms with Crippen LogP contribution in [0.25, 0.3) is 0 Å². The van der Waals surface area contributed by atoms with Crippen molar-refractivity contribution in [2.45, 2.75) is 19.4 Å². The van der Waals surface area contributed by atoms with E-state index in [1.807, 2.05) is 5.32 Å². The number of carboxylic acids is 1. The van der Waals surface area contributed by atoms with Crippen molar-refractivity contribution in [1.82, 2.24) is 5.32 Å². The van der Waals surface area contributed by atoms with E-state index in [4.69, 9.17) is 10.2 Å². The Balaban J connectivity index is 3.01. The Morgan fingerprint density at radius 1 is 1.37 bits per heavy atom. The monoisotopic (exact) mass is 273 g/mol. The average Bonchev–Trinajstić information content (AvgIpc) is 2.33. The van der Waals surface area contributed by atoms with Gasteiger partial charge in [-0.05, 0) is 18.6 Å². The molecule has 1 atom stereocenters. The third-order valence-electron chi connectivity index (χ3n) is 2.53. The van der Waals surface area contributed by atoms with Gasteiger partial charge >= 0.3 is 5.97 Å². The van der Waals surface area contributed by atoms with Gasteiger partial charge in [-0.25, -0.2) is 13.6 Å². The molecule has 0 aliphatic heterocycles. The second-order valence-corrected chi connectivity index (χ2v) is 3.93. The van der Waals surface area contributed by atoms with Crippen molar-refractivity contribution < 1.29 is 28.6 Å². The molecule has 1 amide bonds. The normalized spacial score (nSPS) is 12.0. The van der Waals surface area contributed by atoms with E-state index in [0.717, 1.165) is 6.07 Å². The highest BCUT2D eigenvalue weighted by atomic mass is 19.1. The summed E-state index contributed by atoms with van der Waals surface area (Å²) in [5.41, 5.74) is -0.759. The van der Waals surface area contributed by atoms with Crippen LogP contribution in [-0.2, 0) is 4.79 Å². The minimum atomic E-state index is -1.41. The molecular formula is C12H13F2NO4. The number of amides is 1. The molecule has 0 bridgehead atoms. The highest BCUT2D eigenvalue weighted by Crippen LogP contribution is 2.16. The second-order valence-electron chi connectivity index (χ2n) is 3.93. The van der Waals surface area contributed by atoms with Crippen LogP contribution in [0.2, 0.25) is 0 Å². The first-order valence-corrected chi connectivity index (χ1v) is 5.47. The number of aliphatic carboxylic acids is 1. The van der Waals surface area contributed by atoms with E-state index >= 15 is 0 Å². The molecule has 0 radical (unpaired) electrons. The fourth-order valence-corrected chi connectivity index (χ4v) is 1.48. The molecule has 1 unspecified atom stereocenters. The lowest BCUT2D eigenvalue weighted by molar-refractivity contribution is -0.139. The average molecular weight is 273 g/mol. The molecule has 0 saturated carbocycles. The predicted octanol–water partition coefficient (Wildman–Crippen LogP) is 0.839. The van der Waals surface area contributed by atoms with Crippen LogP contribution in [0.5, 0.6) is 0 Å². The molecule has 3 N–H and O–H groups in total. The first-order valence-electron chi connectivity index (χ1n) is 5.47. The van der Waals surface area contributed by atoms with Crippen molar-refractivity contribution in [3.05, 3.63) is 34.9 Å². The molecule has 0 heterocycles. The number of aryl methyl sites for hydroxylation is 1. The molecule has 104 valence electrons. The maximum Gasteiger partial charge on any atom is 0.326 e. The molecule has 1 rings (SSSR count). The second kappa shape index (κ2) is 6.24. The van der Waals surface area contributed by atoms with E-state index in [1.54, 1.807) is 0 Å². The molecule has 0 aliphatic rings. The van der Waals surface area contributed by atoms with Crippen LogP contribution < -0.4 is 5.32 Å². The van der Waals surface area contributed by atoms with Gasteiger partial charge in [-0.3, -0.25) is 4.79 Å². The maximum atomic E-state index is 13.7. The molecule has 0 spiro atoms. The Kier molecular flexibility index (Phi) is 4.94. The Hall–Kier alpha value is -2.02. The molecule has 0 saturated heterocycles. The summed E-state index contributed by atoms with van der Waals surface area (Å²) in [6.45, 7) is 0.879. The minimum Gasteiger partial charge on any atom is -0.480 e. The lowest BCUT2D eigenvalue weighted by Crippen LogP contribution is -2.42.